The van der Waals surface area contributed by atoms with E-state index in [0.717, 1.165) is 12.8 Å². The molecule has 29 heavy (non-hydrogen) atoms. The van der Waals surface area contributed by atoms with Crippen molar-refractivity contribution in [2.45, 2.75) is 77.6 Å². The van der Waals surface area contributed by atoms with Crippen LogP contribution in [0.15, 0.2) is 34.7 Å². The van der Waals surface area contributed by atoms with Crippen molar-refractivity contribution < 1.29 is 26.2 Å². The Morgan fingerprint density at radius 2 is 0.966 bits per heavy atom. The molecule has 0 unspecified atom stereocenters. The summed E-state index contributed by atoms with van der Waals surface area (Å²) in [5.41, 5.74) is 0. The largest absolute Gasteiger partial charge is 2.00 e. The molecule has 0 atom stereocenters. The van der Waals surface area contributed by atoms with Gasteiger partial charge in [-0.25, -0.2) is 22.5 Å². The summed E-state index contributed by atoms with van der Waals surface area (Å²) in [7, 11) is -2.63. The van der Waals surface area contributed by atoms with Gasteiger partial charge < -0.3 is 9.13 Å². The molecule has 158 valence electrons. The van der Waals surface area contributed by atoms with Gasteiger partial charge in [-0.2, -0.15) is 12.2 Å². The molecule has 2 nitrogen and oxygen atoms in total. The van der Waals surface area contributed by atoms with Crippen molar-refractivity contribution in [1.29, 1.82) is 0 Å². The summed E-state index contributed by atoms with van der Waals surface area (Å²) in [5.74, 6) is 0. The minimum Gasteiger partial charge on any atom is -0.322 e. The molecule has 0 aromatic heterocycles. The van der Waals surface area contributed by atoms with E-state index in [9.17, 15) is 0 Å². The van der Waals surface area contributed by atoms with Crippen LogP contribution >= 0.6 is 0 Å². The number of nitrogens with zero attached hydrogens (tertiary/aromatic N) is 2. The SMILES string of the molecule is C[Si](C)(C1=[C-]CC=C1)N1CCCCC1.C[Si](C)(C1=[C-]CC=C1)N1CCCCC1.[Zr+2]. The summed E-state index contributed by atoms with van der Waals surface area (Å²) in [6.45, 7) is 15.1. The average molecular weight is 504 g/mol. The molecule has 4 rings (SSSR count). The van der Waals surface area contributed by atoms with Crippen LogP contribution in [0.2, 0.25) is 26.2 Å². The van der Waals surface area contributed by atoms with Crippen molar-refractivity contribution in [3.8, 4) is 0 Å². The standard InChI is InChI=1S/2C12H20NSi.Zr/c2*1-14(2,12-8-4-5-9-12)13-10-6-3-7-11-13;/h2*4,8H,3,5-7,10-11H2,1-2H3;/q2*-1;+2. The summed E-state index contributed by atoms with van der Waals surface area (Å²) in [5, 5.41) is 3.05. The van der Waals surface area contributed by atoms with Crippen LogP contribution in [0.3, 0.4) is 0 Å². The monoisotopic (exact) mass is 502 g/mol. The molecule has 0 aromatic carbocycles. The summed E-state index contributed by atoms with van der Waals surface area (Å²) in [6, 6.07) is 0. The van der Waals surface area contributed by atoms with E-state index < -0.39 is 16.5 Å². The Balaban J connectivity index is 0.000000200. The minimum absolute atomic E-state index is 0. The zero-order chi connectivity index (χ0) is 20.0. The summed E-state index contributed by atoms with van der Waals surface area (Å²) >= 11 is 0. The van der Waals surface area contributed by atoms with Gasteiger partial charge in [0.25, 0.3) is 0 Å². The first kappa shape index (κ1) is 25.5. The third-order valence-electron chi connectivity index (χ3n) is 7.00. The van der Waals surface area contributed by atoms with Gasteiger partial charge in [-0.3, -0.25) is 12.2 Å². The van der Waals surface area contributed by atoms with E-state index in [1.54, 1.807) is 0 Å². The number of hydrogen-bond donors (Lipinski definition) is 0. The molecule has 2 saturated heterocycles. The Kier molecular flexibility index (Phi) is 10.3. The van der Waals surface area contributed by atoms with E-state index in [1.165, 1.54) is 75.1 Å². The zero-order valence-corrected chi connectivity index (χ0v) is 23.6. The van der Waals surface area contributed by atoms with E-state index in [1.807, 2.05) is 0 Å². The van der Waals surface area contributed by atoms with Gasteiger partial charge in [-0.1, -0.05) is 39.0 Å². The summed E-state index contributed by atoms with van der Waals surface area (Å²) in [4.78, 5) is 0. The normalized spacial score (nSPS) is 23.2. The maximum absolute atomic E-state index is 3.52. The van der Waals surface area contributed by atoms with E-state index in [0.29, 0.717) is 0 Å². The predicted molar refractivity (Wildman–Crippen MR) is 127 cm³/mol. The van der Waals surface area contributed by atoms with E-state index in [-0.39, 0.29) is 26.2 Å². The number of hydrogen-bond acceptors (Lipinski definition) is 2. The third-order valence-corrected chi connectivity index (χ3v) is 14.4. The predicted octanol–water partition coefficient (Wildman–Crippen LogP) is 5.81. The molecule has 0 bridgehead atoms. The van der Waals surface area contributed by atoms with E-state index in [2.05, 4.69) is 71.8 Å². The Morgan fingerprint density at radius 1 is 0.621 bits per heavy atom. The van der Waals surface area contributed by atoms with Crippen LogP contribution in [0.4, 0.5) is 0 Å². The molecule has 0 spiro atoms. The molecular formula is C24H40N2Si2Zr. The molecule has 2 fully saturated rings. The first-order valence-corrected chi connectivity index (χ1v) is 17.4. The fourth-order valence-electron chi connectivity index (χ4n) is 4.90. The second kappa shape index (κ2) is 11.7. The molecule has 2 heterocycles. The molecule has 4 aliphatic rings. The van der Waals surface area contributed by atoms with Gasteiger partial charge >= 0.3 is 26.2 Å². The molecule has 0 radical (unpaired) electrons. The molecule has 2 aliphatic heterocycles. The Bertz CT molecular complexity index is 581. The summed E-state index contributed by atoms with van der Waals surface area (Å²) in [6.07, 6.45) is 26.7. The second-order valence-corrected chi connectivity index (χ2v) is 18.2. The van der Waals surface area contributed by atoms with Gasteiger partial charge in [0.15, 0.2) is 0 Å². The van der Waals surface area contributed by atoms with Crippen LogP contribution in [0, 0.1) is 12.2 Å². The third kappa shape index (κ3) is 6.59. The van der Waals surface area contributed by atoms with Crippen molar-refractivity contribution in [2.75, 3.05) is 26.2 Å². The minimum atomic E-state index is -1.32. The van der Waals surface area contributed by atoms with Gasteiger partial charge in [0, 0.05) is 0 Å². The van der Waals surface area contributed by atoms with Crippen LogP contribution in [-0.2, 0) is 26.2 Å². The maximum atomic E-state index is 3.52. The van der Waals surface area contributed by atoms with Crippen LogP contribution in [0.25, 0.3) is 0 Å². The van der Waals surface area contributed by atoms with Gasteiger partial charge in [0.2, 0.25) is 0 Å². The maximum Gasteiger partial charge on any atom is 2.00 e. The van der Waals surface area contributed by atoms with Crippen LogP contribution < -0.4 is 0 Å². The van der Waals surface area contributed by atoms with Crippen LogP contribution in [0.1, 0.15) is 51.4 Å². The van der Waals surface area contributed by atoms with Gasteiger partial charge in [-0.15, -0.1) is 12.8 Å². The van der Waals surface area contributed by atoms with Crippen molar-refractivity contribution >= 4 is 16.5 Å². The van der Waals surface area contributed by atoms with Crippen molar-refractivity contribution in [3.63, 3.8) is 0 Å². The molecule has 0 N–H and O–H groups in total. The van der Waals surface area contributed by atoms with Gasteiger partial charge in [0.1, 0.15) is 16.5 Å². The Morgan fingerprint density at radius 3 is 1.24 bits per heavy atom. The van der Waals surface area contributed by atoms with E-state index in [4.69, 9.17) is 0 Å². The Hall–Kier alpha value is 0.197. The Labute approximate surface area is 201 Å². The van der Waals surface area contributed by atoms with E-state index >= 15 is 0 Å². The number of piperidine rings is 2. The van der Waals surface area contributed by atoms with Crippen molar-refractivity contribution in [2.24, 2.45) is 0 Å². The fraction of sp³-hybridized carbons (Fsp3) is 0.667. The summed E-state index contributed by atoms with van der Waals surface area (Å²) < 4.78 is 5.49. The number of rotatable bonds is 4. The molecule has 0 amide bonds. The fourth-order valence-corrected chi connectivity index (χ4v) is 10.6. The molecule has 0 saturated carbocycles. The molecule has 5 heteroatoms. The van der Waals surface area contributed by atoms with Gasteiger partial charge in [0.05, 0.1) is 0 Å². The smallest absolute Gasteiger partial charge is 0.322 e. The number of allylic oxidation sites excluding steroid dienone is 8. The van der Waals surface area contributed by atoms with Crippen molar-refractivity contribution in [3.05, 3.63) is 46.8 Å². The molecule has 0 aromatic rings. The molecule has 2 aliphatic carbocycles. The first-order valence-electron chi connectivity index (χ1n) is 11.5. The second-order valence-electron chi connectivity index (χ2n) is 9.61. The van der Waals surface area contributed by atoms with Crippen molar-refractivity contribution in [1.82, 2.24) is 9.13 Å². The zero-order valence-electron chi connectivity index (χ0n) is 19.2. The van der Waals surface area contributed by atoms with Crippen LogP contribution in [-0.4, -0.2) is 51.8 Å². The topological polar surface area (TPSA) is 6.48 Å². The molecular weight excluding hydrogens is 464 g/mol. The van der Waals surface area contributed by atoms with Gasteiger partial charge in [-0.05, 0) is 51.9 Å². The quantitative estimate of drug-likeness (QED) is 0.353. The first-order chi connectivity index (χ1) is 13.4. The van der Waals surface area contributed by atoms with Crippen LogP contribution in [0.5, 0.6) is 0 Å². The average Bonchev–Trinajstić information content (AvgIpc) is 3.44.